The van der Waals surface area contributed by atoms with Crippen molar-refractivity contribution in [3.8, 4) is 11.5 Å². The van der Waals surface area contributed by atoms with Crippen molar-refractivity contribution in [3.63, 3.8) is 0 Å². The number of nitrogens with one attached hydrogen (secondary N) is 2. The molecular formula is C36H42N6O11. The molecule has 0 radical (unpaired) electrons. The van der Waals surface area contributed by atoms with Crippen LogP contribution in [-0.2, 0) is 27.2 Å². The molecule has 0 saturated carbocycles. The molecule has 3 aromatic rings. The standard InChI is InChI=1S/C36H42N6O11/c1-35(2,3)52-33(44)38-32(39-34(45)53-36(4,5)6)37-18-16-23-10-13-27(14-11-23)50-19-17-29-31(43)40(22-24-8-7-9-25(20-24)41(46)47)28-15-12-26(42(48)49)21-30(28)51-29/h7-15,20-21,29H,16-19,22H2,1-6H3,(H2,37,38,39,44,45). The molecule has 0 aromatic heterocycles. The average molecular weight is 735 g/mol. The number of carbonyl (C=O) groups excluding carboxylic acids is 3. The highest BCUT2D eigenvalue weighted by Gasteiger charge is 2.35. The molecule has 1 aliphatic heterocycles. The van der Waals surface area contributed by atoms with Gasteiger partial charge in [-0.05, 0) is 77.3 Å². The number of carbonyl (C=O) groups is 3. The number of guanidine groups is 1. The molecule has 1 heterocycles. The van der Waals surface area contributed by atoms with Crippen LogP contribution >= 0.6 is 0 Å². The monoisotopic (exact) mass is 734 g/mol. The predicted octanol–water partition coefficient (Wildman–Crippen LogP) is 6.21. The number of nitro groups is 2. The number of ether oxygens (including phenoxy) is 4. The second-order valence-electron chi connectivity index (χ2n) is 13.9. The van der Waals surface area contributed by atoms with E-state index in [2.05, 4.69) is 15.6 Å². The number of alkyl carbamates (subject to hydrolysis) is 1. The summed E-state index contributed by atoms with van der Waals surface area (Å²) in [6.07, 6.45) is -2.16. The van der Waals surface area contributed by atoms with E-state index in [0.29, 0.717) is 23.4 Å². The number of non-ortho nitro benzene ring substituents is 2. The Morgan fingerprint density at radius 3 is 2.19 bits per heavy atom. The van der Waals surface area contributed by atoms with Crippen molar-refractivity contribution in [3.05, 3.63) is 98.1 Å². The number of aliphatic imine (C=N–C) groups is 1. The van der Waals surface area contributed by atoms with Crippen LogP contribution in [-0.4, -0.2) is 64.4 Å². The summed E-state index contributed by atoms with van der Waals surface area (Å²) in [5, 5.41) is 28.1. The first kappa shape index (κ1) is 39.5. The fourth-order valence-corrected chi connectivity index (χ4v) is 4.98. The molecule has 1 unspecified atom stereocenters. The zero-order chi connectivity index (χ0) is 38.9. The van der Waals surface area contributed by atoms with Crippen molar-refractivity contribution >= 4 is 41.1 Å². The van der Waals surface area contributed by atoms with Crippen molar-refractivity contribution in [2.75, 3.05) is 18.1 Å². The minimum absolute atomic E-state index is 0.0201. The van der Waals surface area contributed by atoms with E-state index in [9.17, 15) is 34.6 Å². The highest BCUT2D eigenvalue weighted by atomic mass is 16.6. The van der Waals surface area contributed by atoms with Gasteiger partial charge in [0.05, 0.1) is 34.8 Å². The molecule has 0 spiro atoms. The van der Waals surface area contributed by atoms with Gasteiger partial charge in [0.15, 0.2) is 11.9 Å². The maximum absolute atomic E-state index is 13.6. The number of anilines is 1. The largest absolute Gasteiger partial charge is 0.493 e. The summed E-state index contributed by atoms with van der Waals surface area (Å²) < 4.78 is 22.3. The van der Waals surface area contributed by atoms with Gasteiger partial charge in [-0.15, -0.1) is 4.99 Å². The Bertz CT molecular complexity index is 1870. The molecule has 0 saturated heterocycles. The summed E-state index contributed by atoms with van der Waals surface area (Å²) in [5.41, 5.74) is -0.220. The Morgan fingerprint density at radius 2 is 1.55 bits per heavy atom. The second-order valence-corrected chi connectivity index (χ2v) is 13.9. The molecule has 282 valence electrons. The van der Waals surface area contributed by atoms with Gasteiger partial charge >= 0.3 is 12.2 Å². The average Bonchev–Trinajstić information content (AvgIpc) is 3.05. The lowest BCUT2D eigenvalue weighted by Gasteiger charge is -2.34. The molecular weight excluding hydrogens is 692 g/mol. The molecule has 17 nitrogen and oxygen atoms in total. The first-order chi connectivity index (χ1) is 24.9. The van der Waals surface area contributed by atoms with E-state index in [-0.39, 0.29) is 49.2 Å². The Kier molecular flexibility index (Phi) is 12.6. The van der Waals surface area contributed by atoms with Crippen LogP contribution in [0.25, 0.3) is 0 Å². The molecule has 3 aromatic carbocycles. The van der Waals surface area contributed by atoms with Crippen molar-refractivity contribution in [1.82, 2.24) is 10.6 Å². The van der Waals surface area contributed by atoms with Crippen molar-refractivity contribution in [1.29, 1.82) is 0 Å². The first-order valence-corrected chi connectivity index (χ1v) is 16.6. The Labute approximate surface area is 305 Å². The summed E-state index contributed by atoms with van der Waals surface area (Å²) in [7, 11) is 0. The highest BCUT2D eigenvalue weighted by Crippen LogP contribution is 2.38. The number of nitro benzene ring substituents is 2. The number of hydrogen-bond donors (Lipinski definition) is 2. The molecule has 3 amide bonds. The lowest BCUT2D eigenvalue weighted by molar-refractivity contribution is -0.385. The normalized spacial score (nSPS) is 14.4. The van der Waals surface area contributed by atoms with Gasteiger partial charge in [-0.2, -0.15) is 0 Å². The molecule has 1 aliphatic rings. The summed E-state index contributed by atoms with van der Waals surface area (Å²) in [4.78, 5) is 65.1. The lowest BCUT2D eigenvalue weighted by atomic mass is 10.1. The van der Waals surface area contributed by atoms with E-state index >= 15 is 0 Å². The number of benzene rings is 3. The number of nitrogens with zero attached hydrogens (tertiary/aromatic N) is 4. The molecule has 0 aliphatic carbocycles. The fraction of sp³-hybridized carbons (Fsp3) is 0.389. The molecule has 0 bridgehead atoms. The van der Waals surface area contributed by atoms with Gasteiger partial charge in [-0.3, -0.25) is 30.3 Å². The third kappa shape index (κ3) is 12.2. The summed E-state index contributed by atoms with van der Waals surface area (Å²) >= 11 is 0. The van der Waals surface area contributed by atoms with E-state index in [1.165, 1.54) is 41.3 Å². The Hall–Kier alpha value is -6.26. The van der Waals surface area contributed by atoms with Crippen molar-refractivity contribution in [2.24, 2.45) is 4.99 Å². The second kappa shape index (κ2) is 16.8. The zero-order valence-electron chi connectivity index (χ0n) is 30.2. The van der Waals surface area contributed by atoms with Gasteiger partial charge in [0, 0.05) is 31.2 Å². The zero-order valence-corrected chi connectivity index (χ0v) is 30.2. The molecule has 2 N–H and O–H groups in total. The molecule has 4 rings (SSSR count). The van der Waals surface area contributed by atoms with Crippen molar-refractivity contribution in [2.45, 2.75) is 78.2 Å². The molecule has 0 fully saturated rings. The highest BCUT2D eigenvalue weighted by molar-refractivity contribution is 6.00. The molecule has 1 atom stereocenters. The van der Waals surface area contributed by atoms with E-state index < -0.39 is 45.2 Å². The van der Waals surface area contributed by atoms with Gasteiger partial charge in [0.1, 0.15) is 17.0 Å². The van der Waals surface area contributed by atoms with Crippen LogP contribution in [0.5, 0.6) is 11.5 Å². The molecule has 53 heavy (non-hydrogen) atoms. The first-order valence-electron chi connectivity index (χ1n) is 16.6. The third-order valence-electron chi connectivity index (χ3n) is 7.21. The predicted molar refractivity (Wildman–Crippen MR) is 193 cm³/mol. The fourth-order valence-electron chi connectivity index (χ4n) is 4.98. The molecule has 17 heteroatoms. The van der Waals surface area contributed by atoms with E-state index in [4.69, 9.17) is 18.9 Å². The van der Waals surface area contributed by atoms with Crippen LogP contribution in [0.4, 0.5) is 26.7 Å². The van der Waals surface area contributed by atoms with E-state index in [0.717, 1.165) is 5.56 Å². The van der Waals surface area contributed by atoms with Gasteiger partial charge in [0.25, 0.3) is 17.3 Å². The number of rotatable bonds is 11. The number of fused-ring (bicyclic) bond motifs is 1. The van der Waals surface area contributed by atoms with E-state index in [1.807, 2.05) is 12.1 Å². The quantitative estimate of drug-likeness (QED) is 0.0973. The van der Waals surface area contributed by atoms with Crippen LogP contribution in [0.1, 0.15) is 59.1 Å². The van der Waals surface area contributed by atoms with Crippen LogP contribution < -0.4 is 25.0 Å². The summed E-state index contributed by atoms with van der Waals surface area (Å²) in [5.74, 6) is 0.0786. The summed E-state index contributed by atoms with van der Waals surface area (Å²) in [6.45, 7) is 10.5. The van der Waals surface area contributed by atoms with Gasteiger partial charge in [-0.1, -0.05) is 24.3 Å². The topological polar surface area (TPSA) is 214 Å². The maximum atomic E-state index is 13.6. The van der Waals surface area contributed by atoms with Gasteiger partial charge in [-0.25, -0.2) is 9.59 Å². The van der Waals surface area contributed by atoms with Crippen LogP contribution in [0.3, 0.4) is 0 Å². The minimum atomic E-state index is -1.04. The summed E-state index contributed by atoms with van der Waals surface area (Å²) in [6, 6.07) is 16.9. The van der Waals surface area contributed by atoms with Crippen LogP contribution in [0, 0.1) is 20.2 Å². The smallest absolute Gasteiger partial charge is 0.437 e. The van der Waals surface area contributed by atoms with Crippen molar-refractivity contribution < 1.29 is 43.2 Å². The van der Waals surface area contributed by atoms with Gasteiger partial charge < -0.3 is 29.2 Å². The lowest BCUT2D eigenvalue weighted by Crippen LogP contribution is -2.46. The SMILES string of the molecule is CC(C)(C)OC(=O)N=C(NCCc1ccc(OCCC2Oc3cc([N+](=O)[O-])ccc3N(Cc3cccc([N+](=O)[O-])c3)C2=O)cc1)NC(=O)OC(C)(C)C. The Balaban J connectivity index is 1.36. The maximum Gasteiger partial charge on any atom is 0.437 e. The Morgan fingerprint density at radius 1 is 0.887 bits per heavy atom. The van der Waals surface area contributed by atoms with Gasteiger partial charge in [0.2, 0.25) is 5.96 Å². The van der Waals surface area contributed by atoms with Crippen LogP contribution in [0.15, 0.2) is 71.7 Å². The number of amides is 3. The van der Waals surface area contributed by atoms with E-state index in [1.54, 1.807) is 59.7 Å². The minimum Gasteiger partial charge on any atom is -0.493 e. The van der Waals surface area contributed by atoms with Crippen LogP contribution in [0.2, 0.25) is 0 Å². The number of hydrogen-bond acceptors (Lipinski definition) is 11. The third-order valence-corrected chi connectivity index (χ3v) is 7.21.